The summed E-state index contributed by atoms with van der Waals surface area (Å²) in [6, 6.07) is 8.99. The van der Waals surface area contributed by atoms with E-state index in [-0.39, 0.29) is 47.4 Å². The SMILES string of the molecule is COc1cc(C=CC2C3=CCC4C(=O)N(c5cc(C(F)(F)F)cc(C(F)(F)F)c5)C(=O)C4C3CC3(Cl)C(=O)N(c4ccc(F)cc4)C(=O)C23Cl)ccc1O. The standard InChI is InChI=1S/C37H25Cl2F7N2O6/c1-54-28-12-17(3-11-27(28)49)2-10-26-23-8-9-24-29(31(51)47(30(24)50)22-14-18(36(41,42)43)13-19(15-22)37(44,45)46)25(23)16-34(38)32(52)48(33(53)35(26,34)39)21-6-4-20(40)5-7-21/h2-8,10-15,24-26,29,49H,9,16H2,1H3. The minimum atomic E-state index is -5.27. The molecular formula is C37H25Cl2F7N2O6. The van der Waals surface area contributed by atoms with Gasteiger partial charge in [-0.15, -0.1) is 23.2 Å². The number of nitrogens with zero attached hydrogens (tertiary/aromatic N) is 2. The first-order chi connectivity index (χ1) is 25.2. The van der Waals surface area contributed by atoms with Gasteiger partial charge in [0.2, 0.25) is 11.8 Å². The van der Waals surface area contributed by atoms with E-state index in [1.54, 1.807) is 0 Å². The first kappa shape index (κ1) is 37.4. The Hall–Kier alpha value is -4.89. The number of amides is 4. The van der Waals surface area contributed by atoms with E-state index in [1.807, 2.05) is 0 Å². The molecule has 282 valence electrons. The summed E-state index contributed by atoms with van der Waals surface area (Å²) < 4.78 is 102. The number of aromatic hydroxyl groups is 1. The Balaban J connectivity index is 1.36. The highest BCUT2D eigenvalue weighted by atomic mass is 35.5. The van der Waals surface area contributed by atoms with Crippen molar-refractivity contribution in [3.8, 4) is 11.5 Å². The van der Waals surface area contributed by atoms with E-state index in [0.717, 1.165) is 24.3 Å². The summed E-state index contributed by atoms with van der Waals surface area (Å²) in [5.74, 6) is -10.2. The summed E-state index contributed by atoms with van der Waals surface area (Å²) in [4.78, 5) is 53.1. The zero-order chi connectivity index (χ0) is 39.3. The van der Waals surface area contributed by atoms with Crippen LogP contribution in [0.25, 0.3) is 6.08 Å². The number of carbonyl (C=O) groups excluding carboxylic acids is 4. The van der Waals surface area contributed by atoms with E-state index in [9.17, 15) is 55.0 Å². The average Bonchev–Trinajstić information content (AvgIpc) is 3.45. The molecule has 2 aliphatic carbocycles. The number of alkyl halides is 8. The Kier molecular flexibility index (Phi) is 8.72. The van der Waals surface area contributed by atoms with Crippen molar-refractivity contribution in [2.45, 2.75) is 34.9 Å². The van der Waals surface area contributed by atoms with Crippen LogP contribution in [0.2, 0.25) is 0 Å². The molecule has 1 N–H and O–H groups in total. The third-order valence-electron chi connectivity index (χ3n) is 10.5. The van der Waals surface area contributed by atoms with Gasteiger partial charge in [-0.05, 0) is 78.9 Å². The minimum absolute atomic E-state index is 0.0787. The Morgan fingerprint density at radius 1 is 0.815 bits per heavy atom. The van der Waals surface area contributed by atoms with Gasteiger partial charge in [0.1, 0.15) is 5.82 Å². The molecule has 8 nitrogen and oxygen atoms in total. The molecule has 6 atom stereocenters. The number of ether oxygens (including phenoxy) is 1. The number of rotatable bonds is 5. The molecule has 7 rings (SSSR count). The number of hydrogen-bond acceptors (Lipinski definition) is 6. The summed E-state index contributed by atoms with van der Waals surface area (Å²) in [7, 11) is 1.31. The topological polar surface area (TPSA) is 104 Å². The number of hydrogen-bond donors (Lipinski definition) is 1. The Bertz CT molecular complexity index is 2160. The molecular weight excluding hydrogens is 772 g/mol. The van der Waals surface area contributed by atoms with Gasteiger partial charge in [-0.2, -0.15) is 26.3 Å². The van der Waals surface area contributed by atoms with Crippen LogP contribution < -0.4 is 14.5 Å². The van der Waals surface area contributed by atoms with Gasteiger partial charge < -0.3 is 9.84 Å². The number of fused-ring (bicyclic) bond motifs is 4. The van der Waals surface area contributed by atoms with Crippen molar-refractivity contribution in [1.29, 1.82) is 0 Å². The quantitative estimate of drug-likeness (QED) is 0.122. The second-order valence-corrected chi connectivity index (χ2v) is 14.6. The number of phenols is 1. The van der Waals surface area contributed by atoms with Crippen molar-refractivity contribution in [1.82, 2.24) is 0 Å². The lowest BCUT2D eigenvalue weighted by Gasteiger charge is -2.49. The second kappa shape index (κ2) is 12.6. The molecule has 3 fully saturated rings. The number of halogens is 9. The highest BCUT2D eigenvalue weighted by Gasteiger charge is 2.76. The van der Waals surface area contributed by atoms with Crippen LogP contribution in [0.3, 0.4) is 0 Å². The van der Waals surface area contributed by atoms with Crippen LogP contribution >= 0.6 is 23.2 Å². The van der Waals surface area contributed by atoms with Gasteiger partial charge in [0.15, 0.2) is 21.2 Å². The highest BCUT2D eigenvalue weighted by Crippen LogP contribution is 2.63. The van der Waals surface area contributed by atoms with E-state index in [4.69, 9.17) is 27.9 Å². The first-order valence-corrected chi connectivity index (χ1v) is 16.9. The molecule has 1 saturated carbocycles. The monoisotopic (exact) mass is 796 g/mol. The highest BCUT2D eigenvalue weighted by molar-refractivity contribution is 6.58. The molecule has 2 heterocycles. The van der Waals surface area contributed by atoms with Crippen LogP contribution in [0.15, 0.2) is 78.4 Å². The molecule has 0 bridgehead atoms. The Labute approximate surface area is 311 Å². The maximum absolute atomic E-state index is 14.4. The van der Waals surface area contributed by atoms with Crippen molar-refractivity contribution in [3.05, 3.63) is 101 Å². The summed E-state index contributed by atoms with van der Waals surface area (Å²) >= 11 is 14.5. The predicted molar refractivity (Wildman–Crippen MR) is 180 cm³/mol. The Morgan fingerprint density at radius 3 is 2.04 bits per heavy atom. The van der Waals surface area contributed by atoms with E-state index < -0.39 is 98.5 Å². The van der Waals surface area contributed by atoms with Gasteiger partial charge in [0.25, 0.3) is 11.8 Å². The third-order valence-corrected chi connectivity index (χ3v) is 11.9. The molecule has 6 unspecified atom stereocenters. The molecule has 2 aliphatic heterocycles. The summed E-state index contributed by atoms with van der Waals surface area (Å²) in [6.45, 7) is 0. The van der Waals surface area contributed by atoms with Crippen molar-refractivity contribution in [3.63, 3.8) is 0 Å². The van der Waals surface area contributed by atoms with E-state index in [1.165, 1.54) is 43.5 Å². The molecule has 3 aromatic carbocycles. The van der Waals surface area contributed by atoms with Crippen LogP contribution in [0, 0.1) is 29.5 Å². The molecule has 4 amide bonds. The fraction of sp³-hybridized carbons (Fsp3) is 0.297. The minimum Gasteiger partial charge on any atom is -0.504 e. The van der Waals surface area contributed by atoms with Gasteiger partial charge in [-0.1, -0.05) is 29.9 Å². The summed E-state index contributed by atoms with van der Waals surface area (Å²) in [5, 5.41) is 10.1. The van der Waals surface area contributed by atoms with E-state index in [0.29, 0.717) is 15.4 Å². The normalized spacial score (nSPS) is 28.4. The molecule has 3 aromatic rings. The van der Waals surface area contributed by atoms with Crippen molar-refractivity contribution < 1.29 is 59.8 Å². The number of allylic oxidation sites excluding steroid dienone is 3. The van der Waals surface area contributed by atoms with E-state index in [2.05, 4.69) is 0 Å². The smallest absolute Gasteiger partial charge is 0.416 e. The number of phenolic OH excluding ortho intramolecular Hbond substituents is 1. The van der Waals surface area contributed by atoms with Gasteiger partial charge in [0.05, 0.1) is 41.4 Å². The zero-order valence-electron chi connectivity index (χ0n) is 27.5. The van der Waals surface area contributed by atoms with Crippen LogP contribution in [-0.2, 0) is 31.5 Å². The third kappa shape index (κ3) is 5.57. The number of benzene rings is 3. The van der Waals surface area contributed by atoms with Crippen LogP contribution in [0.4, 0.5) is 42.1 Å². The molecule has 4 aliphatic rings. The fourth-order valence-electron chi connectivity index (χ4n) is 7.97. The van der Waals surface area contributed by atoms with Gasteiger partial charge in [-0.25, -0.2) is 14.2 Å². The number of anilines is 2. The van der Waals surface area contributed by atoms with Crippen LogP contribution in [0.5, 0.6) is 11.5 Å². The molecule has 0 radical (unpaired) electrons. The predicted octanol–water partition coefficient (Wildman–Crippen LogP) is 7.89. The fourth-order valence-corrected chi connectivity index (χ4v) is 8.86. The number of carbonyl (C=O) groups is 4. The van der Waals surface area contributed by atoms with Crippen LogP contribution in [-0.4, -0.2) is 45.6 Å². The molecule has 17 heteroatoms. The number of methoxy groups -OCH3 is 1. The van der Waals surface area contributed by atoms with Gasteiger partial charge in [-0.3, -0.25) is 19.2 Å². The van der Waals surface area contributed by atoms with Crippen molar-refractivity contribution in [2.75, 3.05) is 16.9 Å². The zero-order valence-corrected chi connectivity index (χ0v) is 29.0. The second-order valence-electron chi connectivity index (χ2n) is 13.4. The van der Waals surface area contributed by atoms with Gasteiger partial charge in [0, 0.05) is 5.92 Å². The largest absolute Gasteiger partial charge is 0.504 e. The lowest BCUT2D eigenvalue weighted by atomic mass is 9.57. The number of imide groups is 2. The molecule has 54 heavy (non-hydrogen) atoms. The average molecular weight is 798 g/mol. The maximum Gasteiger partial charge on any atom is 0.416 e. The first-order valence-electron chi connectivity index (χ1n) is 16.2. The van der Waals surface area contributed by atoms with Crippen molar-refractivity contribution >= 4 is 64.3 Å². The van der Waals surface area contributed by atoms with E-state index >= 15 is 0 Å². The van der Waals surface area contributed by atoms with Crippen molar-refractivity contribution in [2.24, 2.45) is 23.7 Å². The summed E-state index contributed by atoms with van der Waals surface area (Å²) in [6.07, 6.45) is -6.88. The molecule has 0 aromatic heterocycles. The van der Waals surface area contributed by atoms with Crippen LogP contribution in [0.1, 0.15) is 29.5 Å². The lowest BCUT2D eigenvalue weighted by molar-refractivity contribution is -0.143. The maximum atomic E-state index is 14.4. The molecule has 2 saturated heterocycles. The van der Waals surface area contributed by atoms with Gasteiger partial charge >= 0.3 is 12.4 Å². The lowest BCUT2D eigenvalue weighted by Crippen LogP contribution is -2.60. The Morgan fingerprint density at radius 2 is 1.44 bits per heavy atom. The molecule has 0 spiro atoms. The summed E-state index contributed by atoms with van der Waals surface area (Å²) in [5.41, 5.74) is -3.81.